The predicted octanol–water partition coefficient (Wildman–Crippen LogP) is 3.09. The van der Waals surface area contributed by atoms with Gasteiger partial charge in [0, 0.05) is 0 Å². The fourth-order valence-electron chi connectivity index (χ4n) is 2.12. The fourth-order valence-corrected chi connectivity index (χ4v) is 3.34. The summed E-state index contributed by atoms with van der Waals surface area (Å²) in [6, 6.07) is 9.86. The van der Waals surface area contributed by atoms with Crippen LogP contribution < -0.4 is 4.72 Å². The Balaban J connectivity index is 1.76. The molecular weight excluding hydrogens is 378 g/mol. The van der Waals surface area contributed by atoms with Crippen molar-refractivity contribution in [3.05, 3.63) is 53.2 Å². The molecule has 0 saturated carbocycles. The molecule has 26 heavy (non-hydrogen) atoms. The maximum Gasteiger partial charge on any atom is 0.341 e. The number of carbonyl (C=O) groups excluding carboxylic acids is 1. The highest BCUT2D eigenvalue weighted by atomic mass is 32.2. The van der Waals surface area contributed by atoms with Crippen molar-refractivity contribution in [2.45, 2.75) is 13.0 Å². The third-order valence-corrected chi connectivity index (χ3v) is 4.70. The van der Waals surface area contributed by atoms with E-state index in [0.717, 1.165) is 11.1 Å². The van der Waals surface area contributed by atoms with Gasteiger partial charge in [-0.25, -0.2) is 13.2 Å². The van der Waals surface area contributed by atoms with Crippen molar-refractivity contribution in [2.75, 3.05) is 11.0 Å². The second kappa shape index (κ2) is 7.26. The number of ether oxygens (including phenoxy) is 1. The van der Waals surface area contributed by atoms with Crippen LogP contribution in [0.25, 0.3) is 10.8 Å². The molecule has 2 aromatic heterocycles. The second-order valence-corrected chi connectivity index (χ2v) is 8.09. The average Bonchev–Trinajstić information content (AvgIpc) is 3.25. The quantitative estimate of drug-likeness (QED) is 0.641. The molecule has 0 fully saturated rings. The largest absolute Gasteiger partial charge is 0.449 e. The van der Waals surface area contributed by atoms with Crippen LogP contribution in [-0.2, 0) is 14.8 Å². The first kappa shape index (κ1) is 18.1. The van der Waals surface area contributed by atoms with Crippen molar-refractivity contribution >= 4 is 33.0 Å². The zero-order chi connectivity index (χ0) is 18.7. The summed E-state index contributed by atoms with van der Waals surface area (Å²) >= 11 is 1.45. The van der Waals surface area contributed by atoms with Gasteiger partial charge in [-0.1, -0.05) is 18.2 Å². The van der Waals surface area contributed by atoms with Gasteiger partial charge in [-0.05, 0) is 30.5 Å². The molecule has 3 aromatic rings. The smallest absolute Gasteiger partial charge is 0.341 e. The molecule has 0 radical (unpaired) electrons. The molecular formula is C16H15N3O5S2. The van der Waals surface area contributed by atoms with Crippen LogP contribution in [0, 0.1) is 0 Å². The van der Waals surface area contributed by atoms with E-state index in [1.54, 1.807) is 19.1 Å². The number of hydrogen-bond acceptors (Lipinski definition) is 8. The molecule has 1 atom stereocenters. The Morgan fingerprint density at radius 2 is 2.00 bits per heavy atom. The first-order valence-corrected chi connectivity index (χ1v) is 10.3. The van der Waals surface area contributed by atoms with E-state index in [2.05, 4.69) is 14.9 Å². The summed E-state index contributed by atoms with van der Waals surface area (Å²) in [5.41, 5.74) is 0.222. The Hall–Kier alpha value is -2.72. The monoisotopic (exact) mass is 393 g/mol. The van der Waals surface area contributed by atoms with Crippen molar-refractivity contribution in [3.63, 3.8) is 0 Å². The van der Waals surface area contributed by atoms with E-state index >= 15 is 0 Å². The first-order chi connectivity index (χ1) is 12.3. The molecule has 0 aliphatic heterocycles. The minimum atomic E-state index is -3.53. The molecule has 0 saturated heterocycles. The van der Waals surface area contributed by atoms with Crippen molar-refractivity contribution in [1.82, 2.24) is 10.2 Å². The number of sulfonamides is 1. The number of hydrogen-bond donors (Lipinski definition) is 1. The normalized spacial score (nSPS) is 12.5. The Labute approximate surface area is 153 Å². The van der Waals surface area contributed by atoms with E-state index < -0.39 is 22.1 Å². The molecule has 0 aliphatic rings. The Kier molecular flexibility index (Phi) is 5.05. The first-order valence-electron chi connectivity index (χ1n) is 7.48. The van der Waals surface area contributed by atoms with Gasteiger partial charge in [-0.15, -0.1) is 21.5 Å². The van der Waals surface area contributed by atoms with Gasteiger partial charge in [0.05, 0.1) is 22.4 Å². The predicted molar refractivity (Wildman–Crippen MR) is 96.4 cm³/mol. The molecule has 1 N–H and O–H groups in total. The van der Waals surface area contributed by atoms with Crippen LogP contribution in [0.4, 0.5) is 5.69 Å². The lowest BCUT2D eigenvalue weighted by atomic mass is 10.2. The van der Waals surface area contributed by atoms with E-state index in [4.69, 9.17) is 9.15 Å². The van der Waals surface area contributed by atoms with Crippen LogP contribution in [0.1, 0.15) is 29.3 Å². The minimum absolute atomic E-state index is 0.0859. The molecule has 2 heterocycles. The Morgan fingerprint density at radius 3 is 2.69 bits per heavy atom. The van der Waals surface area contributed by atoms with Gasteiger partial charge in [0.1, 0.15) is 0 Å². The summed E-state index contributed by atoms with van der Waals surface area (Å²) in [5, 5.41) is 9.72. The van der Waals surface area contributed by atoms with Crippen LogP contribution in [0.3, 0.4) is 0 Å². The van der Waals surface area contributed by atoms with Gasteiger partial charge in [0.25, 0.3) is 11.8 Å². The third kappa shape index (κ3) is 4.27. The molecule has 0 bridgehead atoms. The van der Waals surface area contributed by atoms with Crippen LogP contribution in [0.5, 0.6) is 0 Å². The van der Waals surface area contributed by atoms with E-state index in [9.17, 15) is 13.2 Å². The molecule has 1 aromatic carbocycles. The van der Waals surface area contributed by atoms with Crippen LogP contribution in [-0.4, -0.2) is 30.8 Å². The Bertz CT molecular complexity index is 1010. The lowest BCUT2D eigenvalue weighted by molar-refractivity contribution is 0.0281. The molecule has 3 rings (SSSR count). The van der Waals surface area contributed by atoms with E-state index in [-0.39, 0.29) is 17.1 Å². The number of aromatic nitrogens is 2. The number of anilines is 1. The number of para-hydroxylation sites is 1. The number of nitrogens with one attached hydrogen (secondary N) is 1. The van der Waals surface area contributed by atoms with E-state index in [1.165, 1.54) is 23.5 Å². The highest BCUT2D eigenvalue weighted by Crippen LogP contribution is 2.27. The van der Waals surface area contributed by atoms with Gasteiger partial charge in [-0.2, -0.15) is 0 Å². The van der Waals surface area contributed by atoms with Crippen molar-refractivity contribution in [1.29, 1.82) is 0 Å². The molecule has 8 nitrogen and oxygen atoms in total. The number of esters is 1. The van der Waals surface area contributed by atoms with Crippen LogP contribution >= 0.6 is 11.3 Å². The van der Waals surface area contributed by atoms with Crippen molar-refractivity contribution in [2.24, 2.45) is 0 Å². The van der Waals surface area contributed by atoms with Crippen molar-refractivity contribution in [3.8, 4) is 10.8 Å². The zero-order valence-electron chi connectivity index (χ0n) is 13.9. The highest BCUT2D eigenvalue weighted by Gasteiger charge is 2.22. The SMILES string of the molecule is C[C@@H](OC(=O)c1ccccc1NS(C)(=O)=O)c1nnc(-c2cccs2)o1. The summed E-state index contributed by atoms with van der Waals surface area (Å²) in [4.78, 5) is 13.2. The minimum Gasteiger partial charge on any atom is -0.449 e. The van der Waals surface area contributed by atoms with Crippen LogP contribution in [0.15, 0.2) is 46.2 Å². The number of nitrogens with zero attached hydrogens (tertiary/aromatic N) is 2. The van der Waals surface area contributed by atoms with Gasteiger partial charge < -0.3 is 9.15 Å². The molecule has 136 valence electrons. The zero-order valence-corrected chi connectivity index (χ0v) is 15.5. The number of rotatable bonds is 6. The third-order valence-electron chi connectivity index (χ3n) is 3.25. The lowest BCUT2D eigenvalue weighted by Crippen LogP contribution is -2.15. The summed E-state index contributed by atoms with van der Waals surface area (Å²) < 4.78 is 36.0. The van der Waals surface area contributed by atoms with Crippen molar-refractivity contribution < 1.29 is 22.4 Å². The van der Waals surface area contributed by atoms with Gasteiger partial charge in [0.15, 0.2) is 6.10 Å². The maximum atomic E-state index is 12.4. The standard InChI is InChI=1S/C16H15N3O5S2/c1-10(14-17-18-15(24-14)13-8-5-9-25-13)23-16(20)11-6-3-4-7-12(11)19-26(2,21)22/h3-10,19H,1-2H3/t10-/m1/s1. The van der Waals surface area contributed by atoms with E-state index in [0.29, 0.717) is 5.89 Å². The topological polar surface area (TPSA) is 111 Å². The summed E-state index contributed by atoms with van der Waals surface area (Å²) in [5.74, 6) is -0.215. The number of thiophene rings is 1. The molecule has 0 amide bonds. The number of carbonyl (C=O) groups is 1. The summed E-state index contributed by atoms with van der Waals surface area (Å²) in [6.45, 7) is 1.59. The number of benzene rings is 1. The Morgan fingerprint density at radius 1 is 1.23 bits per heavy atom. The van der Waals surface area contributed by atoms with E-state index in [1.807, 2.05) is 17.5 Å². The van der Waals surface area contributed by atoms with Gasteiger partial charge in [-0.3, -0.25) is 4.72 Å². The van der Waals surface area contributed by atoms with Crippen LogP contribution in [0.2, 0.25) is 0 Å². The van der Waals surface area contributed by atoms with Gasteiger partial charge in [0.2, 0.25) is 10.0 Å². The second-order valence-electron chi connectivity index (χ2n) is 5.39. The molecule has 0 aliphatic carbocycles. The molecule has 0 spiro atoms. The summed E-state index contributed by atoms with van der Waals surface area (Å²) in [6.07, 6.45) is 0.206. The molecule has 10 heteroatoms. The fraction of sp³-hybridized carbons (Fsp3) is 0.188. The average molecular weight is 393 g/mol. The summed E-state index contributed by atoms with van der Waals surface area (Å²) in [7, 11) is -3.53. The molecule has 0 unspecified atom stereocenters. The highest BCUT2D eigenvalue weighted by molar-refractivity contribution is 7.92. The lowest BCUT2D eigenvalue weighted by Gasteiger charge is -2.12. The van der Waals surface area contributed by atoms with Gasteiger partial charge >= 0.3 is 5.97 Å². The maximum absolute atomic E-state index is 12.4.